The van der Waals surface area contributed by atoms with E-state index in [-0.39, 0.29) is 16.7 Å². The molecular formula is C22H23ClFNO3S. The van der Waals surface area contributed by atoms with Crippen LogP contribution in [0.15, 0.2) is 24.3 Å². The minimum Gasteiger partial charge on any atom is -0.459 e. The summed E-state index contributed by atoms with van der Waals surface area (Å²) in [4.78, 5) is 26.3. The summed E-state index contributed by atoms with van der Waals surface area (Å²) in [6, 6.07) is 4.33. The van der Waals surface area contributed by atoms with Crippen LogP contribution in [0.4, 0.5) is 9.39 Å². The number of carbonyl (C=O) groups excluding carboxylic acids is 2. The Morgan fingerprint density at radius 3 is 2.83 bits per heavy atom. The molecule has 1 aromatic carbocycles. The maximum atomic E-state index is 13.9. The molecule has 1 aliphatic rings. The second kappa shape index (κ2) is 9.09. The lowest BCUT2D eigenvalue weighted by atomic mass is 9.88. The SMILES string of the molecule is CC1CCc2c(sc(NC(=O)/C=C/c3c(F)cccc3Cl)c2C(=O)OC(C)C)C1. The average molecular weight is 436 g/mol. The van der Waals surface area contributed by atoms with Crippen LogP contribution in [0.2, 0.25) is 5.02 Å². The lowest BCUT2D eigenvalue weighted by Gasteiger charge is -2.18. The van der Waals surface area contributed by atoms with Crippen LogP contribution < -0.4 is 5.32 Å². The molecule has 154 valence electrons. The standard InChI is InChI=1S/C22H23ClFNO3S/c1-12(2)28-22(27)20-15-8-7-13(3)11-18(15)29-21(20)25-19(26)10-9-14-16(23)5-4-6-17(14)24/h4-6,9-10,12-13H,7-8,11H2,1-3H3,(H,25,26)/b10-9+. The Labute approximate surface area is 178 Å². The van der Waals surface area contributed by atoms with Crippen LogP contribution in [0.3, 0.4) is 0 Å². The average Bonchev–Trinajstić information content (AvgIpc) is 2.97. The molecule has 1 heterocycles. The van der Waals surface area contributed by atoms with Gasteiger partial charge in [-0.1, -0.05) is 24.6 Å². The van der Waals surface area contributed by atoms with Gasteiger partial charge in [0, 0.05) is 16.5 Å². The highest BCUT2D eigenvalue weighted by atomic mass is 35.5. The van der Waals surface area contributed by atoms with Gasteiger partial charge in [-0.05, 0) is 62.8 Å². The Morgan fingerprint density at radius 2 is 2.14 bits per heavy atom. The molecule has 0 aliphatic heterocycles. The number of rotatable bonds is 5. The normalized spacial score (nSPS) is 16.1. The summed E-state index contributed by atoms with van der Waals surface area (Å²) in [5.41, 5.74) is 1.55. The Balaban J connectivity index is 1.87. The van der Waals surface area contributed by atoms with Crippen molar-refractivity contribution in [3.63, 3.8) is 0 Å². The van der Waals surface area contributed by atoms with Crippen molar-refractivity contribution < 1.29 is 18.7 Å². The number of anilines is 1. The third-order valence-corrected chi connectivity index (χ3v) is 6.20. The van der Waals surface area contributed by atoms with E-state index in [1.165, 1.54) is 35.6 Å². The van der Waals surface area contributed by atoms with Gasteiger partial charge in [0.1, 0.15) is 10.8 Å². The fourth-order valence-corrected chi connectivity index (χ4v) is 4.94. The number of hydrogen-bond acceptors (Lipinski definition) is 4. The summed E-state index contributed by atoms with van der Waals surface area (Å²) in [6.45, 7) is 5.75. The molecule has 1 N–H and O–H groups in total. The maximum Gasteiger partial charge on any atom is 0.341 e. The van der Waals surface area contributed by atoms with Crippen LogP contribution in [0.5, 0.6) is 0 Å². The van der Waals surface area contributed by atoms with Crippen molar-refractivity contribution in [2.75, 3.05) is 5.32 Å². The zero-order valence-electron chi connectivity index (χ0n) is 16.6. The first-order chi connectivity index (χ1) is 13.8. The number of amides is 1. The molecule has 0 bridgehead atoms. The van der Waals surface area contributed by atoms with Crippen LogP contribution in [-0.2, 0) is 22.4 Å². The third kappa shape index (κ3) is 5.06. The van der Waals surface area contributed by atoms with E-state index in [0.717, 1.165) is 29.7 Å². The number of thiophene rings is 1. The first kappa shape index (κ1) is 21.5. The third-order valence-electron chi connectivity index (χ3n) is 4.70. The molecule has 0 saturated heterocycles. The summed E-state index contributed by atoms with van der Waals surface area (Å²) in [6.07, 6.45) is 4.93. The smallest absolute Gasteiger partial charge is 0.341 e. The summed E-state index contributed by atoms with van der Waals surface area (Å²) in [7, 11) is 0. The lowest BCUT2D eigenvalue weighted by Crippen LogP contribution is -2.18. The molecule has 29 heavy (non-hydrogen) atoms. The van der Waals surface area contributed by atoms with E-state index in [2.05, 4.69) is 12.2 Å². The first-order valence-corrected chi connectivity index (χ1v) is 10.7. The van der Waals surface area contributed by atoms with Gasteiger partial charge in [-0.15, -0.1) is 11.3 Å². The lowest BCUT2D eigenvalue weighted by molar-refractivity contribution is -0.111. The number of benzene rings is 1. The van der Waals surface area contributed by atoms with Crippen molar-refractivity contribution >= 4 is 45.9 Å². The molecule has 1 aromatic heterocycles. The van der Waals surface area contributed by atoms with Crippen molar-refractivity contribution in [3.05, 3.63) is 56.7 Å². The molecule has 0 radical (unpaired) electrons. The summed E-state index contributed by atoms with van der Waals surface area (Å²) >= 11 is 7.40. The number of nitrogens with one attached hydrogen (secondary N) is 1. The fraction of sp³-hybridized carbons (Fsp3) is 0.364. The van der Waals surface area contributed by atoms with Gasteiger partial charge in [0.05, 0.1) is 16.7 Å². The van der Waals surface area contributed by atoms with Gasteiger partial charge in [0.2, 0.25) is 5.91 Å². The van der Waals surface area contributed by atoms with E-state index >= 15 is 0 Å². The zero-order valence-corrected chi connectivity index (χ0v) is 18.1. The minimum absolute atomic E-state index is 0.142. The molecule has 3 rings (SSSR count). The number of carbonyl (C=O) groups is 2. The van der Waals surface area contributed by atoms with Crippen molar-refractivity contribution in [2.24, 2.45) is 5.92 Å². The Hall–Kier alpha value is -2.18. The largest absolute Gasteiger partial charge is 0.459 e. The van der Waals surface area contributed by atoms with Gasteiger partial charge in [-0.2, -0.15) is 0 Å². The molecular weight excluding hydrogens is 413 g/mol. The van der Waals surface area contributed by atoms with E-state index in [0.29, 0.717) is 16.5 Å². The highest BCUT2D eigenvalue weighted by molar-refractivity contribution is 7.17. The Morgan fingerprint density at radius 1 is 1.38 bits per heavy atom. The number of esters is 1. The first-order valence-electron chi connectivity index (χ1n) is 9.54. The second-order valence-corrected chi connectivity index (χ2v) is 8.98. The number of halogens is 2. The van der Waals surface area contributed by atoms with Crippen molar-refractivity contribution in [2.45, 2.75) is 46.1 Å². The minimum atomic E-state index is -0.511. The van der Waals surface area contributed by atoms with Crippen LogP contribution in [0.1, 0.15) is 53.6 Å². The molecule has 0 spiro atoms. The Kier molecular flexibility index (Phi) is 6.75. The quantitative estimate of drug-likeness (QED) is 0.471. The topological polar surface area (TPSA) is 55.4 Å². The monoisotopic (exact) mass is 435 g/mol. The van der Waals surface area contributed by atoms with Crippen LogP contribution in [0.25, 0.3) is 6.08 Å². The van der Waals surface area contributed by atoms with E-state index in [1.54, 1.807) is 19.9 Å². The van der Waals surface area contributed by atoms with E-state index in [4.69, 9.17) is 16.3 Å². The number of fused-ring (bicyclic) bond motifs is 1. The summed E-state index contributed by atoms with van der Waals surface area (Å²) < 4.78 is 19.3. The molecule has 0 saturated carbocycles. The molecule has 7 heteroatoms. The summed E-state index contributed by atoms with van der Waals surface area (Å²) in [5, 5.41) is 3.47. The van der Waals surface area contributed by atoms with Gasteiger partial charge >= 0.3 is 5.97 Å². The van der Waals surface area contributed by atoms with Crippen LogP contribution >= 0.6 is 22.9 Å². The van der Waals surface area contributed by atoms with E-state index < -0.39 is 17.7 Å². The maximum absolute atomic E-state index is 13.9. The highest BCUT2D eigenvalue weighted by Gasteiger charge is 2.29. The van der Waals surface area contributed by atoms with E-state index in [9.17, 15) is 14.0 Å². The molecule has 1 amide bonds. The highest BCUT2D eigenvalue weighted by Crippen LogP contribution is 2.40. The van der Waals surface area contributed by atoms with Gasteiger partial charge in [-0.3, -0.25) is 4.79 Å². The van der Waals surface area contributed by atoms with Gasteiger partial charge in [0.15, 0.2) is 0 Å². The number of hydrogen-bond donors (Lipinski definition) is 1. The van der Waals surface area contributed by atoms with Crippen molar-refractivity contribution in [1.82, 2.24) is 0 Å². The van der Waals surface area contributed by atoms with E-state index in [1.807, 2.05) is 0 Å². The van der Waals surface area contributed by atoms with Crippen LogP contribution in [-0.4, -0.2) is 18.0 Å². The molecule has 1 atom stereocenters. The van der Waals surface area contributed by atoms with Gasteiger partial charge in [0.25, 0.3) is 0 Å². The predicted molar refractivity (Wildman–Crippen MR) is 115 cm³/mol. The fourth-order valence-electron chi connectivity index (χ4n) is 3.31. The molecule has 1 aliphatic carbocycles. The molecule has 2 aromatic rings. The predicted octanol–water partition coefficient (Wildman–Crippen LogP) is 5.88. The molecule has 0 fully saturated rings. The van der Waals surface area contributed by atoms with Crippen molar-refractivity contribution in [1.29, 1.82) is 0 Å². The number of ether oxygens (including phenoxy) is 1. The molecule has 4 nitrogen and oxygen atoms in total. The Bertz CT molecular complexity index is 947. The molecule has 1 unspecified atom stereocenters. The zero-order chi connectivity index (χ0) is 21.1. The van der Waals surface area contributed by atoms with Gasteiger partial charge < -0.3 is 10.1 Å². The van der Waals surface area contributed by atoms with Gasteiger partial charge in [-0.25, -0.2) is 9.18 Å². The summed E-state index contributed by atoms with van der Waals surface area (Å²) in [5.74, 6) is -0.872. The van der Waals surface area contributed by atoms with Crippen LogP contribution in [0, 0.1) is 11.7 Å². The second-order valence-electron chi connectivity index (χ2n) is 7.47. The van der Waals surface area contributed by atoms with Crippen molar-refractivity contribution in [3.8, 4) is 0 Å².